The van der Waals surface area contributed by atoms with E-state index in [1.165, 1.54) is 6.07 Å². The molecule has 0 saturated heterocycles. The molecule has 0 aliphatic heterocycles. The fourth-order valence-corrected chi connectivity index (χ4v) is 2.50. The van der Waals surface area contributed by atoms with Crippen LogP contribution >= 0.6 is 0 Å². The summed E-state index contributed by atoms with van der Waals surface area (Å²) < 4.78 is 55.6. The fraction of sp³-hybridized carbons (Fsp3) is 0.176. The van der Waals surface area contributed by atoms with Crippen molar-refractivity contribution < 1.29 is 17.6 Å². The van der Waals surface area contributed by atoms with Crippen molar-refractivity contribution in [1.82, 2.24) is 14.8 Å². The topological polar surface area (TPSA) is 42.7 Å². The van der Waals surface area contributed by atoms with Crippen LogP contribution in [-0.2, 0) is 6.54 Å². The molecule has 0 bridgehead atoms. The molecule has 0 amide bonds. The Hall–Kier alpha value is -2.90. The first-order valence-electron chi connectivity index (χ1n) is 7.42. The Balaban J connectivity index is 1.89. The number of nitrogens with one attached hydrogen (secondary N) is 1. The van der Waals surface area contributed by atoms with Gasteiger partial charge in [-0.3, -0.25) is 4.68 Å². The highest BCUT2D eigenvalue weighted by Crippen LogP contribution is 2.26. The minimum atomic E-state index is -1.71. The van der Waals surface area contributed by atoms with Crippen LogP contribution in [0.1, 0.15) is 17.0 Å². The third kappa shape index (κ3) is 3.47. The maximum Gasteiger partial charge on any atom is 0.253 e. The van der Waals surface area contributed by atoms with E-state index < -0.39 is 29.2 Å². The third-order valence-electron chi connectivity index (χ3n) is 3.63. The van der Waals surface area contributed by atoms with E-state index in [0.29, 0.717) is 6.54 Å². The van der Waals surface area contributed by atoms with E-state index in [2.05, 4.69) is 15.4 Å². The molecule has 0 aliphatic carbocycles. The van der Waals surface area contributed by atoms with Crippen LogP contribution in [-0.4, -0.2) is 14.8 Å². The number of hydrogen-bond acceptors (Lipinski definition) is 3. The Bertz CT molecular complexity index is 910. The molecule has 3 aromatic rings. The summed E-state index contributed by atoms with van der Waals surface area (Å²) in [5.41, 5.74) is 1.99. The molecular formula is C17H14F4N4. The zero-order valence-corrected chi connectivity index (χ0v) is 13.4. The molecule has 8 heteroatoms. The van der Waals surface area contributed by atoms with Crippen LogP contribution in [0, 0.1) is 37.4 Å². The summed E-state index contributed by atoms with van der Waals surface area (Å²) in [6.07, 6.45) is 0. The Labute approximate surface area is 141 Å². The van der Waals surface area contributed by atoms with Crippen LogP contribution in [0.2, 0.25) is 0 Å². The van der Waals surface area contributed by atoms with Crippen molar-refractivity contribution in [3.63, 3.8) is 0 Å². The number of anilines is 2. The van der Waals surface area contributed by atoms with Gasteiger partial charge in [-0.2, -0.15) is 27.6 Å². The number of pyridine rings is 1. The van der Waals surface area contributed by atoms with E-state index in [4.69, 9.17) is 0 Å². The monoisotopic (exact) mass is 350 g/mol. The largest absolute Gasteiger partial charge is 0.350 e. The number of benzene rings is 1. The number of rotatable bonds is 4. The Morgan fingerprint density at radius 1 is 1.00 bits per heavy atom. The van der Waals surface area contributed by atoms with Crippen molar-refractivity contribution in [3.8, 4) is 0 Å². The van der Waals surface area contributed by atoms with E-state index in [1.807, 2.05) is 26.0 Å². The van der Waals surface area contributed by atoms with Gasteiger partial charge < -0.3 is 5.32 Å². The lowest BCUT2D eigenvalue weighted by Gasteiger charge is -2.11. The highest BCUT2D eigenvalue weighted by Gasteiger charge is 2.20. The molecule has 0 unspecified atom stereocenters. The zero-order chi connectivity index (χ0) is 18.1. The molecule has 2 heterocycles. The van der Waals surface area contributed by atoms with Gasteiger partial charge in [-0.1, -0.05) is 12.1 Å². The molecule has 1 aromatic carbocycles. The van der Waals surface area contributed by atoms with Crippen LogP contribution in [0.15, 0.2) is 30.3 Å². The average Bonchev–Trinajstić information content (AvgIpc) is 2.87. The molecule has 0 fully saturated rings. The molecule has 130 valence electrons. The highest BCUT2D eigenvalue weighted by molar-refractivity contribution is 5.61. The van der Waals surface area contributed by atoms with Crippen molar-refractivity contribution in [3.05, 3.63) is 70.8 Å². The molecule has 0 radical (unpaired) electrons. The summed E-state index contributed by atoms with van der Waals surface area (Å²) in [6, 6.07) is 8.54. The van der Waals surface area contributed by atoms with Crippen LogP contribution in [0.5, 0.6) is 0 Å². The summed E-state index contributed by atoms with van der Waals surface area (Å²) in [5.74, 6) is -6.58. The van der Waals surface area contributed by atoms with Gasteiger partial charge in [-0.05, 0) is 37.6 Å². The fourth-order valence-electron chi connectivity index (χ4n) is 2.50. The average molecular weight is 350 g/mol. The smallest absolute Gasteiger partial charge is 0.253 e. The van der Waals surface area contributed by atoms with Gasteiger partial charge in [0.1, 0.15) is 5.69 Å². The maximum atomic E-state index is 13.7. The Morgan fingerprint density at radius 3 is 2.28 bits per heavy atom. The third-order valence-corrected chi connectivity index (χ3v) is 3.63. The lowest BCUT2D eigenvalue weighted by Crippen LogP contribution is -2.07. The number of aromatic nitrogens is 3. The molecule has 25 heavy (non-hydrogen) atoms. The summed E-state index contributed by atoms with van der Waals surface area (Å²) in [5, 5.41) is 6.71. The lowest BCUT2D eigenvalue weighted by atomic mass is 10.2. The van der Waals surface area contributed by atoms with Crippen molar-refractivity contribution in [2.45, 2.75) is 20.4 Å². The summed E-state index contributed by atoms with van der Waals surface area (Å²) in [7, 11) is 0. The highest BCUT2D eigenvalue weighted by atomic mass is 19.2. The van der Waals surface area contributed by atoms with Crippen LogP contribution in [0.3, 0.4) is 0 Å². The van der Waals surface area contributed by atoms with E-state index in [0.717, 1.165) is 17.0 Å². The van der Waals surface area contributed by atoms with Gasteiger partial charge >= 0.3 is 0 Å². The number of nitrogens with zero attached hydrogens (tertiary/aromatic N) is 3. The second-order valence-electron chi connectivity index (χ2n) is 5.61. The summed E-state index contributed by atoms with van der Waals surface area (Å²) >= 11 is 0. The molecule has 0 saturated carbocycles. The molecule has 1 N–H and O–H groups in total. The second kappa shape index (κ2) is 6.54. The SMILES string of the molecule is Cc1cc(C)n(Cc2cccc(Nc3c(F)c(F)nc(F)c3F)c2)n1. The van der Waals surface area contributed by atoms with Gasteiger partial charge in [0.25, 0.3) is 11.9 Å². The second-order valence-corrected chi connectivity index (χ2v) is 5.61. The maximum absolute atomic E-state index is 13.7. The zero-order valence-electron chi connectivity index (χ0n) is 13.4. The number of halogens is 4. The van der Waals surface area contributed by atoms with Crippen molar-refractivity contribution in [2.24, 2.45) is 0 Å². The van der Waals surface area contributed by atoms with E-state index >= 15 is 0 Å². The molecule has 3 rings (SSSR count). The van der Waals surface area contributed by atoms with Gasteiger partial charge in [0.05, 0.1) is 12.2 Å². The predicted molar refractivity (Wildman–Crippen MR) is 84.6 cm³/mol. The Kier molecular flexibility index (Phi) is 4.43. The molecule has 0 spiro atoms. The molecular weight excluding hydrogens is 336 g/mol. The van der Waals surface area contributed by atoms with Crippen molar-refractivity contribution in [2.75, 3.05) is 5.32 Å². The summed E-state index contributed by atoms with van der Waals surface area (Å²) in [4.78, 5) is 2.53. The van der Waals surface area contributed by atoms with Gasteiger partial charge in [0.2, 0.25) is 11.6 Å². The minimum Gasteiger partial charge on any atom is -0.350 e. The van der Waals surface area contributed by atoms with Crippen LogP contribution < -0.4 is 5.32 Å². The molecule has 0 aliphatic rings. The standard InChI is InChI=1S/C17H14F4N4/c1-9-6-10(2)25(24-9)8-11-4-3-5-12(7-11)22-15-13(18)16(20)23-17(21)14(15)19/h3-7H,8H2,1-2H3,(H,22,23). The number of aryl methyl sites for hydroxylation is 2. The lowest BCUT2D eigenvalue weighted by molar-refractivity contribution is 0.411. The van der Waals surface area contributed by atoms with E-state index in [1.54, 1.807) is 16.8 Å². The normalized spacial score (nSPS) is 11.0. The van der Waals surface area contributed by atoms with Gasteiger partial charge in [0.15, 0.2) is 0 Å². The Morgan fingerprint density at radius 2 is 1.68 bits per heavy atom. The van der Waals surface area contributed by atoms with Gasteiger partial charge in [-0.25, -0.2) is 0 Å². The van der Waals surface area contributed by atoms with E-state index in [9.17, 15) is 17.6 Å². The predicted octanol–water partition coefficient (Wildman–Crippen LogP) is 4.24. The number of hydrogen-bond donors (Lipinski definition) is 1. The van der Waals surface area contributed by atoms with Crippen molar-refractivity contribution >= 4 is 11.4 Å². The first kappa shape index (κ1) is 16.9. The van der Waals surface area contributed by atoms with Crippen LogP contribution in [0.4, 0.5) is 28.9 Å². The first-order valence-corrected chi connectivity index (χ1v) is 7.42. The quantitative estimate of drug-likeness (QED) is 0.565. The molecule has 2 aromatic heterocycles. The first-order chi connectivity index (χ1) is 11.8. The molecule has 0 atom stereocenters. The van der Waals surface area contributed by atoms with Crippen LogP contribution in [0.25, 0.3) is 0 Å². The minimum absolute atomic E-state index is 0.279. The van der Waals surface area contributed by atoms with E-state index in [-0.39, 0.29) is 5.69 Å². The van der Waals surface area contributed by atoms with Crippen molar-refractivity contribution in [1.29, 1.82) is 0 Å². The van der Waals surface area contributed by atoms with Gasteiger partial charge in [-0.15, -0.1) is 0 Å². The van der Waals surface area contributed by atoms with Gasteiger partial charge in [0, 0.05) is 11.4 Å². The summed E-state index contributed by atoms with van der Waals surface area (Å²) in [6.45, 7) is 4.23. The molecule has 4 nitrogen and oxygen atoms in total.